The summed E-state index contributed by atoms with van der Waals surface area (Å²) in [6, 6.07) is 2.40. The van der Waals surface area contributed by atoms with Gasteiger partial charge in [0.15, 0.2) is 0 Å². The minimum Gasteiger partial charge on any atom is -0.377 e. The molecule has 1 atom stereocenters. The predicted octanol–water partition coefficient (Wildman–Crippen LogP) is 1.69. The molecule has 0 aromatic carbocycles. The second-order valence-corrected chi connectivity index (χ2v) is 4.64. The van der Waals surface area contributed by atoms with Crippen molar-refractivity contribution in [3.05, 3.63) is 17.6 Å². The highest BCUT2D eigenvalue weighted by Gasteiger charge is 2.23. The summed E-state index contributed by atoms with van der Waals surface area (Å²) in [6.07, 6.45) is 0. The maximum atomic E-state index is 5.47. The van der Waals surface area contributed by atoms with Gasteiger partial charge in [-0.05, 0) is 13.8 Å². The fourth-order valence-electron chi connectivity index (χ4n) is 1.93. The number of aromatic nitrogens is 2. The van der Waals surface area contributed by atoms with Crippen LogP contribution < -0.4 is 4.90 Å². The van der Waals surface area contributed by atoms with E-state index in [0.29, 0.717) is 6.04 Å². The SMILES string of the molecule is Cc1cc(N2CCOCC2CBr)nc(C)n1. The van der Waals surface area contributed by atoms with Crippen LogP contribution in [0.25, 0.3) is 0 Å². The van der Waals surface area contributed by atoms with Crippen molar-refractivity contribution in [1.29, 1.82) is 0 Å². The molecule has 0 N–H and O–H groups in total. The van der Waals surface area contributed by atoms with E-state index in [0.717, 1.165) is 42.4 Å². The Labute approximate surface area is 104 Å². The minimum atomic E-state index is 0.363. The van der Waals surface area contributed by atoms with Crippen LogP contribution >= 0.6 is 15.9 Å². The molecule has 1 aromatic rings. The van der Waals surface area contributed by atoms with Crippen LogP contribution in [-0.4, -0.2) is 41.1 Å². The summed E-state index contributed by atoms with van der Waals surface area (Å²) in [5.74, 6) is 1.84. The fraction of sp³-hybridized carbons (Fsp3) is 0.636. The van der Waals surface area contributed by atoms with E-state index in [4.69, 9.17) is 4.74 Å². The smallest absolute Gasteiger partial charge is 0.132 e. The van der Waals surface area contributed by atoms with E-state index in [1.165, 1.54) is 0 Å². The normalized spacial score (nSPS) is 21.2. The molecule has 1 aliphatic heterocycles. The number of anilines is 1. The van der Waals surface area contributed by atoms with Gasteiger partial charge in [-0.25, -0.2) is 9.97 Å². The molecule has 0 saturated carbocycles. The van der Waals surface area contributed by atoms with Gasteiger partial charge >= 0.3 is 0 Å². The molecule has 2 rings (SSSR count). The van der Waals surface area contributed by atoms with Gasteiger partial charge < -0.3 is 9.64 Å². The zero-order valence-corrected chi connectivity index (χ0v) is 11.2. The Bertz CT molecular complexity index is 352. The largest absolute Gasteiger partial charge is 0.377 e. The Morgan fingerprint density at radius 3 is 3.00 bits per heavy atom. The number of halogens is 1. The summed E-state index contributed by atoms with van der Waals surface area (Å²) in [7, 11) is 0. The Kier molecular flexibility index (Phi) is 3.76. The summed E-state index contributed by atoms with van der Waals surface area (Å²) in [6.45, 7) is 6.35. The second kappa shape index (κ2) is 5.10. The number of nitrogens with zero attached hydrogens (tertiary/aromatic N) is 3. The van der Waals surface area contributed by atoms with Gasteiger partial charge in [0.05, 0.1) is 19.3 Å². The number of morpholine rings is 1. The standard InChI is InChI=1S/C11H16BrN3O/c1-8-5-11(14-9(2)13-8)15-3-4-16-7-10(15)6-12/h5,10H,3-4,6-7H2,1-2H3. The number of hydrogen-bond donors (Lipinski definition) is 0. The van der Waals surface area contributed by atoms with Crippen molar-refractivity contribution in [3.8, 4) is 0 Å². The molecule has 0 aliphatic carbocycles. The van der Waals surface area contributed by atoms with Gasteiger partial charge in [0.2, 0.25) is 0 Å². The molecule has 1 aliphatic rings. The van der Waals surface area contributed by atoms with Crippen molar-refractivity contribution in [2.75, 3.05) is 30.0 Å². The molecular formula is C11H16BrN3O. The topological polar surface area (TPSA) is 38.2 Å². The Balaban J connectivity index is 2.26. The van der Waals surface area contributed by atoms with Gasteiger partial charge in [0, 0.05) is 23.6 Å². The van der Waals surface area contributed by atoms with Gasteiger partial charge in [-0.3, -0.25) is 0 Å². The first-order chi connectivity index (χ1) is 7.70. The highest BCUT2D eigenvalue weighted by molar-refractivity contribution is 9.09. The molecule has 0 bridgehead atoms. The van der Waals surface area contributed by atoms with Crippen molar-refractivity contribution >= 4 is 21.7 Å². The molecule has 1 aromatic heterocycles. The van der Waals surface area contributed by atoms with Crippen LogP contribution in [0.3, 0.4) is 0 Å². The van der Waals surface area contributed by atoms with E-state index in [-0.39, 0.29) is 0 Å². The summed E-state index contributed by atoms with van der Waals surface area (Å²) in [4.78, 5) is 11.1. The maximum absolute atomic E-state index is 5.47. The van der Waals surface area contributed by atoms with Crippen LogP contribution in [0.4, 0.5) is 5.82 Å². The van der Waals surface area contributed by atoms with Crippen molar-refractivity contribution in [1.82, 2.24) is 9.97 Å². The molecule has 0 spiro atoms. The Morgan fingerprint density at radius 2 is 2.31 bits per heavy atom. The third-order valence-corrected chi connectivity index (χ3v) is 3.40. The molecular weight excluding hydrogens is 270 g/mol. The third kappa shape index (κ3) is 2.52. The lowest BCUT2D eigenvalue weighted by Gasteiger charge is -2.35. The van der Waals surface area contributed by atoms with Crippen LogP contribution in [0.1, 0.15) is 11.5 Å². The van der Waals surface area contributed by atoms with Crippen LogP contribution in [0, 0.1) is 13.8 Å². The van der Waals surface area contributed by atoms with E-state index < -0.39 is 0 Å². The predicted molar refractivity (Wildman–Crippen MR) is 67.3 cm³/mol. The van der Waals surface area contributed by atoms with Crippen molar-refractivity contribution in [2.24, 2.45) is 0 Å². The lowest BCUT2D eigenvalue weighted by molar-refractivity contribution is 0.1000. The van der Waals surface area contributed by atoms with E-state index in [1.807, 2.05) is 19.9 Å². The van der Waals surface area contributed by atoms with E-state index in [1.54, 1.807) is 0 Å². The summed E-state index contributed by atoms with van der Waals surface area (Å²) in [5.41, 5.74) is 1.02. The fourth-order valence-corrected chi connectivity index (χ4v) is 2.47. The average Bonchev–Trinajstić information content (AvgIpc) is 2.27. The first kappa shape index (κ1) is 11.8. The van der Waals surface area contributed by atoms with Gasteiger partial charge in [-0.2, -0.15) is 0 Å². The monoisotopic (exact) mass is 285 g/mol. The third-order valence-electron chi connectivity index (χ3n) is 2.65. The number of alkyl halides is 1. The molecule has 1 saturated heterocycles. The van der Waals surface area contributed by atoms with Gasteiger partial charge in [-0.1, -0.05) is 15.9 Å². The molecule has 5 heteroatoms. The lowest BCUT2D eigenvalue weighted by Crippen LogP contribution is -2.47. The molecule has 2 heterocycles. The molecule has 0 radical (unpaired) electrons. The number of ether oxygens (including phenoxy) is 1. The average molecular weight is 286 g/mol. The highest BCUT2D eigenvalue weighted by atomic mass is 79.9. The van der Waals surface area contributed by atoms with Crippen molar-refractivity contribution in [2.45, 2.75) is 19.9 Å². The van der Waals surface area contributed by atoms with Crippen LogP contribution in [0.5, 0.6) is 0 Å². The van der Waals surface area contributed by atoms with Crippen molar-refractivity contribution in [3.63, 3.8) is 0 Å². The first-order valence-electron chi connectivity index (χ1n) is 5.43. The van der Waals surface area contributed by atoms with Crippen LogP contribution in [-0.2, 0) is 4.74 Å². The molecule has 1 unspecified atom stereocenters. The Morgan fingerprint density at radius 1 is 1.50 bits per heavy atom. The lowest BCUT2D eigenvalue weighted by atomic mass is 10.2. The molecule has 16 heavy (non-hydrogen) atoms. The van der Waals surface area contributed by atoms with Crippen molar-refractivity contribution < 1.29 is 4.74 Å². The minimum absolute atomic E-state index is 0.363. The van der Waals surface area contributed by atoms with E-state index in [9.17, 15) is 0 Å². The zero-order valence-electron chi connectivity index (χ0n) is 9.61. The van der Waals surface area contributed by atoms with E-state index >= 15 is 0 Å². The Hall–Kier alpha value is -0.680. The molecule has 4 nitrogen and oxygen atoms in total. The van der Waals surface area contributed by atoms with Gasteiger partial charge in [0.1, 0.15) is 11.6 Å². The van der Waals surface area contributed by atoms with Gasteiger partial charge in [0.25, 0.3) is 0 Å². The molecule has 1 fully saturated rings. The number of rotatable bonds is 2. The molecule has 88 valence electrons. The van der Waals surface area contributed by atoms with Crippen LogP contribution in [0.2, 0.25) is 0 Å². The first-order valence-corrected chi connectivity index (χ1v) is 6.55. The van der Waals surface area contributed by atoms with E-state index in [2.05, 4.69) is 30.8 Å². The highest BCUT2D eigenvalue weighted by Crippen LogP contribution is 2.19. The number of aryl methyl sites for hydroxylation is 2. The van der Waals surface area contributed by atoms with Gasteiger partial charge in [-0.15, -0.1) is 0 Å². The zero-order chi connectivity index (χ0) is 11.5. The summed E-state index contributed by atoms with van der Waals surface area (Å²) in [5, 5.41) is 0.898. The summed E-state index contributed by atoms with van der Waals surface area (Å²) < 4.78 is 5.47. The molecule has 0 amide bonds. The quantitative estimate of drug-likeness (QED) is 0.776. The maximum Gasteiger partial charge on any atom is 0.132 e. The number of hydrogen-bond acceptors (Lipinski definition) is 4. The second-order valence-electron chi connectivity index (χ2n) is 3.99. The van der Waals surface area contributed by atoms with Crippen LogP contribution in [0.15, 0.2) is 6.07 Å². The summed E-state index contributed by atoms with van der Waals surface area (Å²) >= 11 is 3.52.